The second-order valence-electron chi connectivity index (χ2n) is 4.86. The minimum Gasteiger partial charge on any atom is -0.349 e. The summed E-state index contributed by atoms with van der Waals surface area (Å²) in [6.07, 6.45) is 5.07. The molecule has 0 aromatic carbocycles. The van der Waals surface area contributed by atoms with Gasteiger partial charge in [0.1, 0.15) is 0 Å². The van der Waals surface area contributed by atoms with Crippen LogP contribution in [0.25, 0.3) is 0 Å². The Morgan fingerprint density at radius 1 is 1.56 bits per heavy atom. The number of nitrogens with zero attached hydrogens (tertiary/aromatic N) is 2. The van der Waals surface area contributed by atoms with Gasteiger partial charge >= 0.3 is 0 Å². The molecule has 0 bridgehead atoms. The molecule has 4 heteroatoms. The van der Waals surface area contributed by atoms with E-state index in [0.29, 0.717) is 11.6 Å². The van der Waals surface area contributed by atoms with Gasteiger partial charge in [-0.1, -0.05) is 6.92 Å². The van der Waals surface area contributed by atoms with Crippen LogP contribution in [0.2, 0.25) is 0 Å². The fraction of sp³-hybridized carbons (Fsp3) is 0.667. The second-order valence-corrected chi connectivity index (χ2v) is 4.86. The van der Waals surface area contributed by atoms with Gasteiger partial charge in [-0.05, 0) is 32.1 Å². The molecule has 2 unspecified atom stereocenters. The lowest BCUT2D eigenvalue weighted by molar-refractivity contribution is 0.0936. The number of aromatic nitrogens is 2. The van der Waals surface area contributed by atoms with Crippen LogP contribution in [-0.2, 0) is 7.05 Å². The van der Waals surface area contributed by atoms with Gasteiger partial charge in [-0.3, -0.25) is 9.48 Å². The summed E-state index contributed by atoms with van der Waals surface area (Å²) in [6.45, 7) is 4.15. The summed E-state index contributed by atoms with van der Waals surface area (Å²) in [5.41, 5.74) is 1.62. The smallest absolute Gasteiger partial charge is 0.254 e. The van der Waals surface area contributed by atoms with Gasteiger partial charge in [-0.15, -0.1) is 0 Å². The number of carbonyl (C=O) groups excluding carboxylic acids is 1. The van der Waals surface area contributed by atoms with Crippen LogP contribution in [0.4, 0.5) is 0 Å². The summed E-state index contributed by atoms with van der Waals surface area (Å²) in [6, 6.07) is 0.349. The quantitative estimate of drug-likeness (QED) is 0.825. The van der Waals surface area contributed by atoms with Crippen molar-refractivity contribution in [3.8, 4) is 0 Å². The van der Waals surface area contributed by atoms with Gasteiger partial charge in [0.2, 0.25) is 0 Å². The molecule has 4 nitrogen and oxygen atoms in total. The van der Waals surface area contributed by atoms with Crippen molar-refractivity contribution < 1.29 is 4.79 Å². The molecule has 2 rings (SSSR count). The van der Waals surface area contributed by atoms with Crippen molar-refractivity contribution in [1.29, 1.82) is 0 Å². The van der Waals surface area contributed by atoms with Crippen LogP contribution in [-0.4, -0.2) is 21.7 Å². The van der Waals surface area contributed by atoms with Gasteiger partial charge in [-0.2, -0.15) is 5.10 Å². The number of amides is 1. The van der Waals surface area contributed by atoms with E-state index in [0.717, 1.165) is 24.5 Å². The monoisotopic (exact) mass is 221 g/mol. The van der Waals surface area contributed by atoms with Crippen molar-refractivity contribution in [2.24, 2.45) is 13.0 Å². The third-order valence-electron chi connectivity index (χ3n) is 3.51. The van der Waals surface area contributed by atoms with E-state index in [2.05, 4.69) is 17.3 Å². The molecule has 0 aliphatic heterocycles. The van der Waals surface area contributed by atoms with Gasteiger partial charge < -0.3 is 5.32 Å². The molecule has 1 amide bonds. The van der Waals surface area contributed by atoms with Crippen molar-refractivity contribution in [2.45, 2.75) is 39.2 Å². The van der Waals surface area contributed by atoms with Crippen molar-refractivity contribution in [3.05, 3.63) is 17.5 Å². The minimum absolute atomic E-state index is 0.0182. The molecule has 0 spiro atoms. The number of hydrogen-bond acceptors (Lipinski definition) is 2. The van der Waals surface area contributed by atoms with E-state index in [4.69, 9.17) is 0 Å². The Morgan fingerprint density at radius 2 is 2.31 bits per heavy atom. The van der Waals surface area contributed by atoms with E-state index in [-0.39, 0.29) is 5.91 Å². The van der Waals surface area contributed by atoms with Crippen LogP contribution in [0, 0.1) is 12.8 Å². The maximum absolute atomic E-state index is 12.0. The average molecular weight is 221 g/mol. The molecule has 1 heterocycles. The number of rotatable bonds is 2. The standard InChI is InChI=1S/C12H19N3O/c1-8-4-5-10(6-8)14-12(16)11-7-13-15(3)9(11)2/h7-8,10H,4-6H2,1-3H3,(H,14,16). The molecule has 16 heavy (non-hydrogen) atoms. The molecule has 1 aliphatic rings. The predicted octanol–water partition coefficient (Wildman–Crippen LogP) is 1.65. The highest BCUT2D eigenvalue weighted by molar-refractivity contribution is 5.95. The second kappa shape index (κ2) is 4.28. The Hall–Kier alpha value is -1.32. The predicted molar refractivity (Wildman–Crippen MR) is 62.2 cm³/mol. The molecule has 88 valence electrons. The lowest BCUT2D eigenvalue weighted by Crippen LogP contribution is -2.33. The normalized spacial score (nSPS) is 24.7. The molecule has 1 N–H and O–H groups in total. The first-order chi connectivity index (χ1) is 7.58. The summed E-state index contributed by atoms with van der Waals surface area (Å²) in [5, 5.41) is 7.17. The molecule has 1 fully saturated rings. The van der Waals surface area contributed by atoms with E-state index in [1.165, 1.54) is 6.42 Å². The van der Waals surface area contributed by atoms with Crippen LogP contribution in [0.3, 0.4) is 0 Å². The third kappa shape index (κ3) is 2.10. The first kappa shape index (κ1) is 11.2. The summed E-state index contributed by atoms with van der Waals surface area (Å²) < 4.78 is 1.73. The lowest BCUT2D eigenvalue weighted by atomic mass is 10.1. The molecular weight excluding hydrogens is 202 g/mol. The van der Waals surface area contributed by atoms with Crippen LogP contribution in [0.1, 0.15) is 42.2 Å². The van der Waals surface area contributed by atoms with E-state index >= 15 is 0 Å². The molecule has 1 aromatic heterocycles. The lowest BCUT2D eigenvalue weighted by Gasteiger charge is -2.11. The Morgan fingerprint density at radius 3 is 2.81 bits per heavy atom. The van der Waals surface area contributed by atoms with Crippen molar-refractivity contribution >= 4 is 5.91 Å². The number of hydrogen-bond donors (Lipinski definition) is 1. The van der Waals surface area contributed by atoms with Crippen molar-refractivity contribution in [2.75, 3.05) is 0 Å². The first-order valence-electron chi connectivity index (χ1n) is 5.87. The summed E-state index contributed by atoms with van der Waals surface area (Å²) in [5.74, 6) is 0.755. The maximum atomic E-state index is 12.0. The topological polar surface area (TPSA) is 46.9 Å². The first-order valence-corrected chi connectivity index (χ1v) is 5.87. The van der Waals surface area contributed by atoms with Crippen LogP contribution in [0.5, 0.6) is 0 Å². The Balaban J connectivity index is 2.01. The molecule has 0 saturated heterocycles. The molecule has 1 aromatic rings. The zero-order valence-corrected chi connectivity index (χ0v) is 10.2. The Bertz CT molecular complexity index is 397. The van der Waals surface area contributed by atoms with Crippen LogP contribution in [0.15, 0.2) is 6.20 Å². The molecule has 2 atom stereocenters. The zero-order chi connectivity index (χ0) is 11.7. The largest absolute Gasteiger partial charge is 0.349 e. The molecule has 1 saturated carbocycles. The molecule has 0 radical (unpaired) electrons. The maximum Gasteiger partial charge on any atom is 0.254 e. The van der Waals surface area contributed by atoms with Gasteiger partial charge in [0.05, 0.1) is 11.8 Å². The van der Waals surface area contributed by atoms with E-state index < -0.39 is 0 Å². The van der Waals surface area contributed by atoms with Crippen LogP contribution >= 0.6 is 0 Å². The highest BCUT2D eigenvalue weighted by Gasteiger charge is 2.24. The fourth-order valence-electron chi connectivity index (χ4n) is 2.32. The molecule has 1 aliphatic carbocycles. The van der Waals surface area contributed by atoms with Gasteiger partial charge in [-0.25, -0.2) is 0 Å². The van der Waals surface area contributed by atoms with Gasteiger partial charge in [0.15, 0.2) is 0 Å². The highest BCUT2D eigenvalue weighted by atomic mass is 16.1. The summed E-state index contributed by atoms with van der Waals surface area (Å²) in [4.78, 5) is 12.0. The summed E-state index contributed by atoms with van der Waals surface area (Å²) >= 11 is 0. The fourth-order valence-corrected chi connectivity index (χ4v) is 2.32. The zero-order valence-electron chi connectivity index (χ0n) is 10.2. The molecular formula is C12H19N3O. The number of carbonyl (C=O) groups is 1. The van der Waals surface area contributed by atoms with Gasteiger partial charge in [0, 0.05) is 18.8 Å². The Kier molecular flexibility index (Phi) is 2.99. The Labute approximate surface area is 96.0 Å². The van der Waals surface area contributed by atoms with E-state index in [1.54, 1.807) is 10.9 Å². The van der Waals surface area contributed by atoms with E-state index in [9.17, 15) is 4.79 Å². The third-order valence-corrected chi connectivity index (χ3v) is 3.51. The van der Waals surface area contributed by atoms with Crippen molar-refractivity contribution in [1.82, 2.24) is 15.1 Å². The number of aryl methyl sites for hydroxylation is 1. The van der Waals surface area contributed by atoms with E-state index in [1.807, 2.05) is 14.0 Å². The van der Waals surface area contributed by atoms with Crippen molar-refractivity contribution in [3.63, 3.8) is 0 Å². The SMILES string of the molecule is Cc1c(C(=O)NC2CCC(C)C2)cnn1C. The minimum atomic E-state index is 0.0182. The van der Waals surface area contributed by atoms with Crippen LogP contribution < -0.4 is 5.32 Å². The average Bonchev–Trinajstić information content (AvgIpc) is 2.76. The number of nitrogens with one attached hydrogen (secondary N) is 1. The van der Waals surface area contributed by atoms with Gasteiger partial charge in [0.25, 0.3) is 5.91 Å². The summed E-state index contributed by atoms with van der Waals surface area (Å²) in [7, 11) is 1.85. The highest BCUT2D eigenvalue weighted by Crippen LogP contribution is 2.24.